The molecule has 3 rings (SSSR count). The molecule has 0 saturated carbocycles. The van der Waals surface area contributed by atoms with Gasteiger partial charge in [0, 0.05) is 39.3 Å². The van der Waals surface area contributed by atoms with Crippen molar-refractivity contribution in [3.63, 3.8) is 0 Å². The molecule has 0 aliphatic carbocycles. The van der Waals surface area contributed by atoms with Crippen LogP contribution in [0.3, 0.4) is 0 Å². The number of anilines is 1. The van der Waals surface area contributed by atoms with Crippen molar-refractivity contribution in [2.45, 2.75) is 25.7 Å². The summed E-state index contributed by atoms with van der Waals surface area (Å²) in [6, 6.07) is 6.45. The summed E-state index contributed by atoms with van der Waals surface area (Å²) in [6.07, 6.45) is 3.98. The minimum atomic E-state index is -3.44. The van der Waals surface area contributed by atoms with Crippen LogP contribution in [-0.4, -0.2) is 56.3 Å². The number of hydrogen-bond donors (Lipinski definition) is 0. The monoisotopic (exact) mass is 366 g/mol. The molecule has 2 aliphatic heterocycles. The van der Waals surface area contributed by atoms with Gasteiger partial charge in [-0.25, -0.2) is 4.39 Å². The molecule has 6 nitrogen and oxygen atoms in total. The zero-order valence-corrected chi connectivity index (χ0v) is 15.0. The lowest BCUT2D eigenvalue weighted by Gasteiger charge is -2.37. The highest BCUT2D eigenvalue weighted by atomic mass is 32.2. The number of hydrogen-bond acceptors (Lipinski definition) is 4. The first-order chi connectivity index (χ1) is 12.0. The topological polar surface area (TPSA) is 67.6 Å². The fourth-order valence-corrected chi connectivity index (χ4v) is 5.15. The van der Waals surface area contributed by atoms with Crippen LogP contribution in [0.2, 0.25) is 0 Å². The number of piperazine rings is 1. The lowest BCUT2D eigenvalue weighted by Crippen LogP contribution is -2.53. The average Bonchev–Trinajstić information content (AvgIpc) is 2.91. The molecule has 0 amide bonds. The van der Waals surface area contributed by atoms with E-state index < -0.39 is 16.0 Å². The predicted molar refractivity (Wildman–Crippen MR) is 93.9 cm³/mol. The van der Waals surface area contributed by atoms with E-state index in [0.717, 1.165) is 25.7 Å². The van der Waals surface area contributed by atoms with Gasteiger partial charge < -0.3 is 4.90 Å². The van der Waals surface area contributed by atoms with Gasteiger partial charge in [-0.05, 0) is 25.0 Å². The molecule has 136 valence electrons. The molecule has 25 heavy (non-hydrogen) atoms. The molecule has 1 aromatic rings. The summed E-state index contributed by atoms with van der Waals surface area (Å²) in [7, 11) is -3.44. The van der Waals surface area contributed by atoms with Crippen LogP contribution in [0.25, 0.3) is 0 Å². The van der Waals surface area contributed by atoms with Crippen molar-refractivity contribution in [2.24, 2.45) is 0 Å². The quantitative estimate of drug-likeness (QED) is 0.820. The van der Waals surface area contributed by atoms with E-state index >= 15 is 0 Å². The van der Waals surface area contributed by atoms with E-state index in [9.17, 15) is 18.1 Å². The molecule has 1 aromatic carbocycles. The van der Waals surface area contributed by atoms with Crippen molar-refractivity contribution in [1.82, 2.24) is 8.61 Å². The maximum Gasteiger partial charge on any atom is 0.282 e. The average molecular weight is 366 g/mol. The van der Waals surface area contributed by atoms with Gasteiger partial charge in [-0.3, -0.25) is 0 Å². The van der Waals surface area contributed by atoms with Crippen LogP contribution >= 0.6 is 0 Å². The minimum absolute atomic E-state index is 0.0197. The van der Waals surface area contributed by atoms with Crippen LogP contribution < -0.4 is 4.90 Å². The Balaban J connectivity index is 1.70. The Morgan fingerprint density at radius 1 is 0.920 bits per heavy atom. The number of nitrogens with zero attached hydrogens (tertiary/aromatic N) is 4. The Morgan fingerprint density at radius 2 is 1.52 bits per heavy atom. The van der Waals surface area contributed by atoms with E-state index in [1.807, 2.05) is 11.0 Å². The first kappa shape index (κ1) is 18.1. The maximum absolute atomic E-state index is 13.8. The third kappa shape index (κ3) is 3.78. The molecule has 0 spiro atoms. The second-order valence-corrected chi connectivity index (χ2v) is 8.38. The molecule has 2 saturated heterocycles. The lowest BCUT2D eigenvalue weighted by molar-refractivity contribution is 0.327. The van der Waals surface area contributed by atoms with Gasteiger partial charge in [0.2, 0.25) is 0 Å². The molecule has 0 atom stereocenters. The molecule has 0 aromatic heterocycles. The van der Waals surface area contributed by atoms with Gasteiger partial charge in [0.25, 0.3) is 10.2 Å². The second-order valence-electron chi connectivity index (χ2n) is 6.45. The van der Waals surface area contributed by atoms with E-state index in [4.69, 9.17) is 0 Å². The molecule has 0 unspecified atom stereocenters. The Labute approximate surface area is 148 Å². The van der Waals surface area contributed by atoms with Gasteiger partial charge in [0.15, 0.2) is 0 Å². The van der Waals surface area contributed by atoms with Crippen LogP contribution in [0.15, 0.2) is 18.2 Å². The highest BCUT2D eigenvalue weighted by Gasteiger charge is 2.33. The highest BCUT2D eigenvalue weighted by Crippen LogP contribution is 2.25. The zero-order chi connectivity index (χ0) is 17.9. The molecule has 8 heteroatoms. The summed E-state index contributed by atoms with van der Waals surface area (Å²) in [6.45, 7) is 2.77. The Bertz CT molecular complexity index is 746. The van der Waals surface area contributed by atoms with Crippen molar-refractivity contribution in [3.05, 3.63) is 29.6 Å². The Hall–Kier alpha value is -1.69. The molecule has 0 bridgehead atoms. The number of halogens is 1. The van der Waals surface area contributed by atoms with E-state index in [0.29, 0.717) is 45.0 Å². The summed E-state index contributed by atoms with van der Waals surface area (Å²) in [4.78, 5) is 1.88. The Kier molecular flexibility index (Phi) is 5.57. The van der Waals surface area contributed by atoms with Gasteiger partial charge in [0.1, 0.15) is 17.4 Å². The van der Waals surface area contributed by atoms with E-state index in [1.165, 1.54) is 10.4 Å². The van der Waals surface area contributed by atoms with Gasteiger partial charge in [-0.15, -0.1) is 0 Å². The third-order valence-electron chi connectivity index (χ3n) is 4.90. The molecular formula is C17H23FN4O2S. The molecule has 0 radical (unpaired) electrons. The van der Waals surface area contributed by atoms with E-state index in [2.05, 4.69) is 0 Å². The zero-order valence-electron chi connectivity index (χ0n) is 14.2. The van der Waals surface area contributed by atoms with Gasteiger partial charge >= 0.3 is 0 Å². The highest BCUT2D eigenvalue weighted by molar-refractivity contribution is 7.86. The van der Waals surface area contributed by atoms with Crippen molar-refractivity contribution in [2.75, 3.05) is 44.2 Å². The van der Waals surface area contributed by atoms with Gasteiger partial charge in [-0.1, -0.05) is 18.9 Å². The second kappa shape index (κ2) is 7.68. The van der Waals surface area contributed by atoms with Crippen LogP contribution in [0.5, 0.6) is 0 Å². The number of benzene rings is 1. The summed E-state index contributed by atoms with van der Waals surface area (Å²) >= 11 is 0. The van der Waals surface area contributed by atoms with E-state index in [1.54, 1.807) is 16.4 Å². The van der Waals surface area contributed by atoms with E-state index in [-0.39, 0.29) is 5.56 Å². The first-order valence-corrected chi connectivity index (χ1v) is 10.1. The lowest BCUT2D eigenvalue weighted by atomic mass is 10.1. The van der Waals surface area contributed by atoms with Crippen molar-refractivity contribution in [3.8, 4) is 6.07 Å². The summed E-state index contributed by atoms with van der Waals surface area (Å²) < 4.78 is 42.6. The SMILES string of the molecule is N#Cc1c(F)cccc1N1CCN(S(=O)(=O)N2CCCCCC2)CC1. The molecule has 2 aliphatic rings. The summed E-state index contributed by atoms with van der Waals surface area (Å²) in [5.74, 6) is -0.542. The molecule has 0 N–H and O–H groups in total. The summed E-state index contributed by atoms with van der Waals surface area (Å²) in [5.41, 5.74) is 0.556. The van der Waals surface area contributed by atoms with Crippen molar-refractivity contribution >= 4 is 15.9 Å². The predicted octanol–water partition coefficient (Wildman–Crippen LogP) is 1.94. The number of nitriles is 1. The first-order valence-electron chi connectivity index (χ1n) is 8.73. The Morgan fingerprint density at radius 3 is 2.12 bits per heavy atom. The summed E-state index contributed by atoms with van der Waals surface area (Å²) in [5, 5.41) is 9.18. The van der Waals surface area contributed by atoms with Gasteiger partial charge in [0.05, 0.1) is 5.69 Å². The van der Waals surface area contributed by atoms with Crippen LogP contribution in [0.1, 0.15) is 31.2 Å². The number of rotatable bonds is 3. The molecule has 2 fully saturated rings. The van der Waals surface area contributed by atoms with Gasteiger partial charge in [-0.2, -0.15) is 22.3 Å². The normalized spacial score (nSPS) is 20.9. The van der Waals surface area contributed by atoms with Crippen LogP contribution in [0, 0.1) is 17.1 Å². The minimum Gasteiger partial charge on any atom is -0.368 e. The molecular weight excluding hydrogens is 343 g/mol. The molecule has 2 heterocycles. The largest absolute Gasteiger partial charge is 0.368 e. The smallest absolute Gasteiger partial charge is 0.282 e. The fourth-order valence-electron chi connectivity index (χ4n) is 3.48. The fraction of sp³-hybridized carbons (Fsp3) is 0.588. The maximum atomic E-state index is 13.8. The van der Waals surface area contributed by atoms with Crippen molar-refractivity contribution in [1.29, 1.82) is 5.26 Å². The van der Waals surface area contributed by atoms with Crippen LogP contribution in [-0.2, 0) is 10.2 Å². The van der Waals surface area contributed by atoms with Crippen LogP contribution in [0.4, 0.5) is 10.1 Å². The van der Waals surface area contributed by atoms with Crippen molar-refractivity contribution < 1.29 is 12.8 Å². The standard InChI is InChI=1S/C17H23FN4O2S/c18-16-6-5-7-17(15(16)14-19)20-10-12-22(13-11-20)25(23,24)21-8-3-1-2-4-9-21/h5-7H,1-4,8-13H2. The third-order valence-corrected chi connectivity index (χ3v) is 6.94.